The van der Waals surface area contributed by atoms with E-state index in [0.29, 0.717) is 23.5 Å². The standard InChI is InChI=1S/C33H46O5/c1-4-6-8-10-11-12-13-14-16-26-36-30-22-18-29(19-23-30)33(35)38-31-24-20-28(21-25-31)32(34)37-27(3)17-15-9-7-5-2/h4,18-25,27H,1,5-17,26H2,2-3H3/t27-/m1/s1. The molecule has 0 fully saturated rings. The Hall–Kier alpha value is -3.08. The first-order valence-corrected chi connectivity index (χ1v) is 14.4. The number of carbonyl (C=O) groups excluding carboxylic acids is 2. The fraction of sp³-hybridized carbons (Fsp3) is 0.515. The number of benzene rings is 2. The predicted octanol–water partition coefficient (Wildman–Crippen LogP) is 9.11. The van der Waals surface area contributed by atoms with E-state index in [-0.39, 0.29) is 12.1 Å². The van der Waals surface area contributed by atoms with E-state index in [0.717, 1.165) is 37.9 Å². The second-order valence-electron chi connectivity index (χ2n) is 9.90. The third kappa shape index (κ3) is 12.9. The van der Waals surface area contributed by atoms with Gasteiger partial charge in [-0.05, 0) is 87.6 Å². The number of allylic oxidation sites excluding steroid dienone is 1. The van der Waals surface area contributed by atoms with Gasteiger partial charge in [0.25, 0.3) is 0 Å². The van der Waals surface area contributed by atoms with Crippen molar-refractivity contribution in [2.45, 2.75) is 103 Å². The number of rotatable bonds is 20. The average Bonchev–Trinajstić information content (AvgIpc) is 2.93. The lowest BCUT2D eigenvalue weighted by Gasteiger charge is -2.13. The second-order valence-corrected chi connectivity index (χ2v) is 9.90. The molecule has 0 amide bonds. The van der Waals surface area contributed by atoms with Crippen LogP contribution in [0.5, 0.6) is 11.5 Å². The zero-order chi connectivity index (χ0) is 27.4. The molecule has 0 unspecified atom stereocenters. The van der Waals surface area contributed by atoms with Crippen LogP contribution in [0.1, 0.15) is 118 Å². The molecule has 38 heavy (non-hydrogen) atoms. The van der Waals surface area contributed by atoms with Crippen LogP contribution in [0.25, 0.3) is 0 Å². The van der Waals surface area contributed by atoms with E-state index < -0.39 is 5.97 Å². The van der Waals surface area contributed by atoms with E-state index in [1.807, 2.05) is 13.0 Å². The van der Waals surface area contributed by atoms with E-state index in [2.05, 4.69) is 13.5 Å². The van der Waals surface area contributed by atoms with Crippen LogP contribution < -0.4 is 9.47 Å². The molecule has 0 bridgehead atoms. The fourth-order valence-corrected chi connectivity index (χ4v) is 4.15. The van der Waals surface area contributed by atoms with Crippen molar-refractivity contribution in [2.24, 2.45) is 0 Å². The highest BCUT2D eigenvalue weighted by atomic mass is 16.5. The maximum absolute atomic E-state index is 12.5. The molecule has 0 aromatic heterocycles. The zero-order valence-electron chi connectivity index (χ0n) is 23.4. The van der Waals surface area contributed by atoms with Crippen LogP contribution in [0.15, 0.2) is 61.2 Å². The summed E-state index contributed by atoms with van der Waals surface area (Å²) in [6.07, 6.45) is 17.0. The van der Waals surface area contributed by atoms with E-state index >= 15 is 0 Å². The molecule has 0 aliphatic heterocycles. The van der Waals surface area contributed by atoms with Gasteiger partial charge in [0.1, 0.15) is 11.5 Å². The van der Waals surface area contributed by atoms with Crippen LogP contribution in [0.3, 0.4) is 0 Å². The van der Waals surface area contributed by atoms with Gasteiger partial charge in [-0.15, -0.1) is 6.58 Å². The Morgan fingerprint density at radius 1 is 0.737 bits per heavy atom. The van der Waals surface area contributed by atoms with Gasteiger partial charge in [-0.25, -0.2) is 9.59 Å². The van der Waals surface area contributed by atoms with E-state index in [1.165, 1.54) is 51.4 Å². The minimum atomic E-state index is -0.458. The SMILES string of the molecule is C=CCCCCCCCCCOc1ccc(C(=O)Oc2ccc(C(=O)O[C@H](C)CCCCCC)cc2)cc1. The minimum Gasteiger partial charge on any atom is -0.494 e. The molecule has 0 N–H and O–H groups in total. The van der Waals surface area contributed by atoms with Crippen LogP contribution in [0.2, 0.25) is 0 Å². The first kappa shape index (κ1) is 31.1. The quantitative estimate of drug-likeness (QED) is 0.0751. The summed E-state index contributed by atoms with van der Waals surface area (Å²) in [7, 11) is 0. The smallest absolute Gasteiger partial charge is 0.343 e. The van der Waals surface area contributed by atoms with Crippen LogP contribution in [0, 0.1) is 0 Å². The monoisotopic (exact) mass is 522 g/mol. The first-order valence-electron chi connectivity index (χ1n) is 14.4. The topological polar surface area (TPSA) is 61.8 Å². The summed E-state index contributed by atoms with van der Waals surface area (Å²) in [5.74, 6) is 0.301. The molecule has 0 spiro atoms. The number of carbonyl (C=O) groups is 2. The van der Waals surface area contributed by atoms with Gasteiger partial charge in [-0.2, -0.15) is 0 Å². The van der Waals surface area contributed by atoms with Crippen molar-refractivity contribution in [2.75, 3.05) is 6.61 Å². The maximum Gasteiger partial charge on any atom is 0.343 e. The van der Waals surface area contributed by atoms with Crippen molar-refractivity contribution in [3.8, 4) is 11.5 Å². The zero-order valence-corrected chi connectivity index (χ0v) is 23.4. The van der Waals surface area contributed by atoms with Gasteiger partial charge in [0, 0.05) is 0 Å². The van der Waals surface area contributed by atoms with Crippen LogP contribution in [-0.4, -0.2) is 24.6 Å². The number of ether oxygens (including phenoxy) is 3. The summed E-state index contributed by atoms with van der Waals surface area (Å²) < 4.78 is 16.8. The van der Waals surface area contributed by atoms with Crippen LogP contribution in [-0.2, 0) is 4.74 Å². The van der Waals surface area contributed by atoms with E-state index in [9.17, 15) is 9.59 Å². The average molecular weight is 523 g/mol. The molecule has 0 aliphatic rings. The lowest BCUT2D eigenvalue weighted by Crippen LogP contribution is -2.15. The Morgan fingerprint density at radius 2 is 1.29 bits per heavy atom. The summed E-state index contributed by atoms with van der Waals surface area (Å²) >= 11 is 0. The molecule has 208 valence electrons. The normalized spacial score (nSPS) is 11.5. The summed E-state index contributed by atoms with van der Waals surface area (Å²) in [5.41, 5.74) is 0.879. The number of unbranched alkanes of at least 4 members (excludes halogenated alkanes) is 10. The van der Waals surface area contributed by atoms with E-state index in [1.54, 1.807) is 48.5 Å². The van der Waals surface area contributed by atoms with E-state index in [4.69, 9.17) is 14.2 Å². The number of hydrogen-bond donors (Lipinski definition) is 0. The minimum absolute atomic E-state index is 0.119. The van der Waals surface area contributed by atoms with Crippen molar-refractivity contribution < 1.29 is 23.8 Å². The van der Waals surface area contributed by atoms with Gasteiger partial charge in [0.05, 0.1) is 23.8 Å². The molecule has 2 aromatic carbocycles. The van der Waals surface area contributed by atoms with Gasteiger partial charge in [-0.3, -0.25) is 0 Å². The highest BCUT2D eigenvalue weighted by Crippen LogP contribution is 2.19. The van der Waals surface area contributed by atoms with Crippen molar-refractivity contribution in [1.29, 1.82) is 0 Å². The van der Waals surface area contributed by atoms with Crippen LogP contribution in [0.4, 0.5) is 0 Å². The molecule has 0 heterocycles. The predicted molar refractivity (Wildman–Crippen MR) is 154 cm³/mol. The summed E-state index contributed by atoms with van der Waals surface area (Å²) in [6, 6.07) is 13.4. The Balaban J connectivity index is 1.67. The molecule has 0 radical (unpaired) electrons. The third-order valence-corrected chi connectivity index (χ3v) is 6.48. The molecule has 5 nitrogen and oxygen atoms in total. The number of esters is 2. The van der Waals surface area contributed by atoms with Crippen molar-refractivity contribution in [3.05, 3.63) is 72.3 Å². The molecule has 0 saturated heterocycles. The molecular weight excluding hydrogens is 476 g/mol. The number of hydrogen-bond acceptors (Lipinski definition) is 5. The Morgan fingerprint density at radius 3 is 1.92 bits per heavy atom. The summed E-state index contributed by atoms with van der Waals surface area (Å²) in [4.78, 5) is 24.9. The molecule has 2 aromatic rings. The fourth-order valence-electron chi connectivity index (χ4n) is 4.15. The van der Waals surface area contributed by atoms with Gasteiger partial charge < -0.3 is 14.2 Å². The maximum atomic E-state index is 12.5. The highest BCUT2D eigenvalue weighted by Gasteiger charge is 2.13. The van der Waals surface area contributed by atoms with Crippen molar-refractivity contribution >= 4 is 11.9 Å². The van der Waals surface area contributed by atoms with Crippen molar-refractivity contribution in [1.82, 2.24) is 0 Å². The first-order chi connectivity index (χ1) is 18.5. The second kappa shape index (κ2) is 19.1. The largest absolute Gasteiger partial charge is 0.494 e. The molecule has 5 heteroatoms. The molecule has 0 aliphatic carbocycles. The van der Waals surface area contributed by atoms with Gasteiger partial charge in [0.15, 0.2) is 0 Å². The van der Waals surface area contributed by atoms with Gasteiger partial charge in [-0.1, -0.05) is 64.4 Å². The highest BCUT2D eigenvalue weighted by molar-refractivity contribution is 5.92. The van der Waals surface area contributed by atoms with Gasteiger partial charge >= 0.3 is 11.9 Å². The Bertz CT molecular complexity index is 933. The summed E-state index contributed by atoms with van der Waals surface area (Å²) in [5, 5.41) is 0. The van der Waals surface area contributed by atoms with Crippen molar-refractivity contribution in [3.63, 3.8) is 0 Å². The van der Waals surface area contributed by atoms with Crippen LogP contribution >= 0.6 is 0 Å². The Labute approximate surface area is 229 Å². The molecule has 0 saturated carbocycles. The lowest BCUT2D eigenvalue weighted by molar-refractivity contribution is 0.0319. The third-order valence-electron chi connectivity index (χ3n) is 6.48. The molecule has 2 rings (SSSR count). The summed E-state index contributed by atoms with van der Waals surface area (Å²) in [6.45, 7) is 8.53. The molecule has 1 atom stereocenters. The Kier molecular flexibility index (Phi) is 15.6. The molecular formula is C33H46O5. The lowest BCUT2D eigenvalue weighted by atomic mass is 10.1. The van der Waals surface area contributed by atoms with Gasteiger partial charge in [0.2, 0.25) is 0 Å².